The number of carbonyl (C=O) groups excluding carboxylic acids is 3. The van der Waals surface area contributed by atoms with E-state index in [-0.39, 0.29) is 30.1 Å². The van der Waals surface area contributed by atoms with Crippen LogP contribution in [0.1, 0.15) is 52.9 Å². The monoisotopic (exact) mass is 368 g/mol. The number of rotatable bonds is 10. The van der Waals surface area contributed by atoms with E-state index in [0.717, 1.165) is 31.7 Å². The van der Waals surface area contributed by atoms with Crippen LogP contribution in [-0.4, -0.2) is 44.3 Å². The molecule has 2 atom stereocenters. The van der Waals surface area contributed by atoms with E-state index < -0.39 is 12.1 Å². The lowest BCUT2D eigenvalue weighted by atomic mass is 9.62. The van der Waals surface area contributed by atoms with Crippen LogP contribution in [0.15, 0.2) is 12.7 Å². The quantitative estimate of drug-likeness (QED) is 0.267. The predicted octanol–water partition coefficient (Wildman–Crippen LogP) is 2.55. The van der Waals surface area contributed by atoms with Crippen LogP contribution in [-0.2, 0) is 19.1 Å². The summed E-state index contributed by atoms with van der Waals surface area (Å²) in [6, 6.07) is 0.0123. The molecule has 7 heteroatoms. The van der Waals surface area contributed by atoms with E-state index in [2.05, 4.69) is 38.0 Å². The number of unbranched alkanes of at least 4 members (excludes halogenated alkanes) is 1. The average Bonchev–Trinajstić information content (AvgIpc) is 2.54. The van der Waals surface area contributed by atoms with Crippen LogP contribution in [0, 0.1) is 10.8 Å². The fourth-order valence-electron chi connectivity index (χ4n) is 3.97. The Morgan fingerprint density at radius 1 is 1.15 bits per heavy atom. The van der Waals surface area contributed by atoms with Gasteiger partial charge in [0.15, 0.2) is 0 Å². The Labute approximate surface area is 155 Å². The minimum absolute atomic E-state index is 0.0123. The third-order valence-electron chi connectivity index (χ3n) is 4.56. The molecule has 2 unspecified atom stereocenters. The molecule has 0 aromatic carbocycles. The van der Waals surface area contributed by atoms with Gasteiger partial charge in [-0.2, -0.15) is 0 Å². The molecule has 26 heavy (non-hydrogen) atoms. The average molecular weight is 368 g/mol. The molecular formula is C19H32N2O5. The molecule has 7 nitrogen and oxygen atoms in total. The SMILES string of the molecule is C=CC(=O)OCCCCOC(=O)NC1CC(C)(C)CC(C)(CNC=O)C1. The number of nitrogens with one attached hydrogen (secondary N) is 2. The highest BCUT2D eigenvalue weighted by atomic mass is 16.5. The zero-order valence-electron chi connectivity index (χ0n) is 16.1. The highest BCUT2D eigenvalue weighted by molar-refractivity contribution is 5.81. The van der Waals surface area contributed by atoms with E-state index in [1.165, 1.54) is 0 Å². The fourth-order valence-corrected chi connectivity index (χ4v) is 3.97. The van der Waals surface area contributed by atoms with Crippen molar-refractivity contribution in [3.63, 3.8) is 0 Å². The number of carbonyl (C=O) groups is 3. The molecular weight excluding hydrogens is 336 g/mol. The summed E-state index contributed by atoms with van der Waals surface area (Å²) >= 11 is 0. The van der Waals surface area contributed by atoms with Gasteiger partial charge in [0, 0.05) is 18.7 Å². The van der Waals surface area contributed by atoms with E-state index in [9.17, 15) is 14.4 Å². The zero-order valence-corrected chi connectivity index (χ0v) is 16.1. The zero-order chi connectivity index (χ0) is 19.6. The van der Waals surface area contributed by atoms with Crippen molar-refractivity contribution < 1.29 is 23.9 Å². The van der Waals surface area contributed by atoms with Crippen molar-refractivity contribution in [2.24, 2.45) is 10.8 Å². The van der Waals surface area contributed by atoms with Crippen molar-refractivity contribution in [1.29, 1.82) is 0 Å². The van der Waals surface area contributed by atoms with E-state index in [0.29, 0.717) is 19.4 Å². The van der Waals surface area contributed by atoms with Crippen molar-refractivity contribution in [3.8, 4) is 0 Å². The highest BCUT2D eigenvalue weighted by Gasteiger charge is 2.41. The molecule has 0 spiro atoms. The van der Waals surface area contributed by atoms with Crippen molar-refractivity contribution in [2.45, 2.75) is 58.9 Å². The first-order valence-corrected chi connectivity index (χ1v) is 9.09. The van der Waals surface area contributed by atoms with Crippen molar-refractivity contribution in [3.05, 3.63) is 12.7 Å². The van der Waals surface area contributed by atoms with Crippen LogP contribution < -0.4 is 10.6 Å². The van der Waals surface area contributed by atoms with Crippen molar-refractivity contribution >= 4 is 18.5 Å². The van der Waals surface area contributed by atoms with Gasteiger partial charge < -0.3 is 20.1 Å². The Bertz CT molecular complexity index is 506. The molecule has 0 radical (unpaired) electrons. The molecule has 1 rings (SSSR count). The molecule has 0 saturated heterocycles. The van der Waals surface area contributed by atoms with Gasteiger partial charge in [0.25, 0.3) is 0 Å². The summed E-state index contributed by atoms with van der Waals surface area (Å²) in [6.45, 7) is 11.0. The first-order chi connectivity index (χ1) is 12.2. The Balaban J connectivity index is 2.34. The first kappa shape index (κ1) is 22.0. The molecule has 0 aromatic rings. The second-order valence-electron chi connectivity index (χ2n) is 8.11. The maximum Gasteiger partial charge on any atom is 0.407 e. The topological polar surface area (TPSA) is 93.7 Å². The number of hydrogen-bond donors (Lipinski definition) is 2. The van der Waals surface area contributed by atoms with E-state index in [4.69, 9.17) is 9.47 Å². The summed E-state index contributed by atoms with van der Waals surface area (Å²) in [4.78, 5) is 33.5. The second-order valence-corrected chi connectivity index (χ2v) is 8.11. The molecule has 1 aliphatic carbocycles. The van der Waals surface area contributed by atoms with Crippen LogP contribution in [0.2, 0.25) is 0 Å². The summed E-state index contributed by atoms with van der Waals surface area (Å²) in [5.41, 5.74) is 0.0141. The Morgan fingerprint density at radius 2 is 1.81 bits per heavy atom. The van der Waals surface area contributed by atoms with Crippen LogP contribution in [0.5, 0.6) is 0 Å². The largest absolute Gasteiger partial charge is 0.463 e. The molecule has 0 aromatic heterocycles. The van der Waals surface area contributed by atoms with E-state index >= 15 is 0 Å². The number of hydrogen-bond acceptors (Lipinski definition) is 5. The van der Waals surface area contributed by atoms with Gasteiger partial charge in [-0.3, -0.25) is 4.79 Å². The first-order valence-electron chi connectivity index (χ1n) is 9.09. The molecule has 0 bridgehead atoms. The second kappa shape index (κ2) is 10.2. The Hall–Kier alpha value is -2.05. The maximum absolute atomic E-state index is 12.0. The molecule has 1 saturated carbocycles. The van der Waals surface area contributed by atoms with Crippen molar-refractivity contribution in [2.75, 3.05) is 19.8 Å². The maximum atomic E-state index is 12.0. The lowest BCUT2D eigenvalue weighted by Crippen LogP contribution is -2.49. The molecule has 2 amide bonds. The van der Waals surface area contributed by atoms with E-state index in [1.54, 1.807) is 0 Å². The summed E-state index contributed by atoms with van der Waals surface area (Å²) in [5.74, 6) is -0.448. The molecule has 148 valence electrons. The van der Waals surface area contributed by atoms with Crippen LogP contribution in [0.4, 0.5) is 4.79 Å². The normalized spacial score (nSPS) is 24.2. The van der Waals surface area contributed by atoms with Crippen LogP contribution in [0.25, 0.3) is 0 Å². The predicted molar refractivity (Wildman–Crippen MR) is 98.5 cm³/mol. The minimum Gasteiger partial charge on any atom is -0.463 e. The van der Waals surface area contributed by atoms with Gasteiger partial charge >= 0.3 is 12.1 Å². The summed E-state index contributed by atoms with van der Waals surface area (Å²) in [7, 11) is 0. The van der Waals surface area contributed by atoms with Gasteiger partial charge in [0.2, 0.25) is 6.41 Å². The summed E-state index contributed by atoms with van der Waals surface area (Å²) in [6.07, 6.45) is 5.30. The van der Waals surface area contributed by atoms with Gasteiger partial charge in [-0.25, -0.2) is 9.59 Å². The van der Waals surface area contributed by atoms with Crippen molar-refractivity contribution in [1.82, 2.24) is 10.6 Å². The summed E-state index contributed by atoms with van der Waals surface area (Å²) < 4.78 is 10.1. The molecule has 0 aliphatic heterocycles. The van der Waals surface area contributed by atoms with Gasteiger partial charge in [-0.15, -0.1) is 0 Å². The lowest BCUT2D eigenvalue weighted by molar-refractivity contribution is -0.137. The van der Waals surface area contributed by atoms with Gasteiger partial charge in [0.05, 0.1) is 13.2 Å². The highest BCUT2D eigenvalue weighted by Crippen LogP contribution is 2.45. The minimum atomic E-state index is -0.448. The lowest BCUT2D eigenvalue weighted by Gasteiger charge is -2.46. The molecule has 1 fully saturated rings. The smallest absolute Gasteiger partial charge is 0.407 e. The number of amides is 2. The Morgan fingerprint density at radius 3 is 2.42 bits per heavy atom. The molecule has 2 N–H and O–H groups in total. The summed E-state index contributed by atoms with van der Waals surface area (Å²) in [5, 5.41) is 5.72. The number of ether oxygens (including phenoxy) is 2. The molecule has 1 aliphatic rings. The van der Waals surface area contributed by atoms with E-state index in [1.807, 2.05) is 0 Å². The number of alkyl carbamates (subject to hydrolysis) is 1. The standard InChI is InChI=1S/C19H32N2O5/c1-5-16(23)25-8-6-7-9-26-17(24)21-15-10-18(2,3)12-19(4,11-15)13-20-14-22/h5,14-15H,1,6-13H2,2-4H3,(H,20,22)(H,21,24). The van der Waals surface area contributed by atoms with Crippen LogP contribution >= 0.6 is 0 Å². The third-order valence-corrected chi connectivity index (χ3v) is 4.56. The van der Waals surface area contributed by atoms with Gasteiger partial charge in [-0.05, 0) is 42.9 Å². The number of esters is 1. The van der Waals surface area contributed by atoms with Gasteiger partial charge in [-0.1, -0.05) is 27.4 Å². The third kappa shape index (κ3) is 8.36. The Kier molecular flexibility index (Phi) is 8.61. The van der Waals surface area contributed by atoms with Gasteiger partial charge in [0.1, 0.15) is 0 Å². The molecule has 0 heterocycles. The fraction of sp³-hybridized carbons (Fsp3) is 0.737. The van der Waals surface area contributed by atoms with Crippen LogP contribution in [0.3, 0.4) is 0 Å².